The quantitative estimate of drug-likeness (QED) is 0.704. The van der Waals surface area contributed by atoms with Crippen LogP contribution < -0.4 is 4.74 Å². The highest BCUT2D eigenvalue weighted by molar-refractivity contribution is 5.92. The fourth-order valence-electron chi connectivity index (χ4n) is 3.27. The minimum atomic E-state index is -0.126. The molecule has 0 spiro atoms. The molecule has 3 heterocycles. The van der Waals surface area contributed by atoms with Crippen LogP contribution in [0.5, 0.6) is 11.6 Å². The fraction of sp³-hybridized carbons (Fsp3) is 0.300. The van der Waals surface area contributed by atoms with E-state index >= 15 is 0 Å². The molecule has 7 heteroatoms. The second-order valence-corrected chi connectivity index (χ2v) is 6.55. The van der Waals surface area contributed by atoms with Crippen LogP contribution in [0.4, 0.5) is 0 Å². The molecule has 27 heavy (non-hydrogen) atoms. The molecule has 0 radical (unpaired) electrons. The normalized spacial score (nSPS) is 16.9. The van der Waals surface area contributed by atoms with Gasteiger partial charge < -0.3 is 14.1 Å². The van der Waals surface area contributed by atoms with E-state index in [1.807, 2.05) is 30.3 Å². The van der Waals surface area contributed by atoms with Crippen LogP contribution in [-0.4, -0.2) is 38.8 Å². The number of nitrogens with zero attached hydrogens (tertiary/aromatic N) is 4. The van der Waals surface area contributed by atoms with Crippen LogP contribution >= 0.6 is 0 Å². The lowest BCUT2D eigenvalue weighted by atomic mass is 9.95. The summed E-state index contributed by atoms with van der Waals surface area (Å²) in [4.78, 5) is 27.4. The SMILES string of the molecule is Cc1ncoc1C(=O)N1CCCC(c2cncc(Oc3ccccc3)n2)C1. The Morgan fingerprint density at radius 1 is 1.26 bits per heavy atom. The third-order valence-electron chi connectivity index (χ3n) is 4.66. The average Bonchev–Trinajstić information content (AvgIpc) is 3.14. The summed E-state index contributed by atoms with van der Waals surface area (Å²) in [6, 6.07) is 9.48. The van der Waals surface area contributed by atoms with Crippen LogP contribution in [0.1, 0.15) is 40.7 Å². The summed E-state index contributed by atoms with van der Waals surface area (Å²) >= 11 is 0. The molecule has 1 saturated heterocycles. The van der Waals surface area contributed by atoms with Gasteiger partial charge in [-0.05, 0) is 31.9 Å². The van der Waals surface area contributed by atoms with Gasteiger partial charge in [0.05, 0.1) is 17.6 Å². The molecular formula is C20H20N4O3. The van der Waals surface area contributed by atoms with Crippen LogP contribution in [0.15, 0.2) is 53.5 Å². The summed E-state index contributed by atoms with van der Waals surface area (Å²) in [6.45, 7) is 3.04. The molecule has 1 fully saturated rings. The Hall–Kier alpha value is -3.22. The number of carbonyl (C=O) groups excluding carboxylic acids is 1. The zero-order valence-electron chi connectivity index (χ0n) is 15.0. The van der Waals surface area contributed by atoms with Crippen molar-refractivity contribution in [1.29, 1.82) is 0 Å². The standard InChI is InChI=1S/C20H20N4O3/c1-14-19(26-13-22-14)20(25)24-9-5-6-15(12-24)17-10-21-11-18(23-17)27-16-7-3-2-4-8-16/h2-4,7-8,10-11,13,15H,5-6,9,12H2,1H3. The van der Waals surface area contributed by atoms with Crippen molar-refractivity contribution < 1.29 is 13.9 Å². The van der Waals surface area contributed by atoms with Crippen molar-refractivity contribution in [3.8, 4) is 11.6 Å². The molecule has 7 nitrogen and oxygen atoms in total. The van der Waals surface area contributed by atoms with Gasteiger partial charge in [-0.25, -0.2) is 9.97 Å². The second-order valence-electron chi connectivity index (χ2n) is 6.55. The average molecular weight is 364 g/mol. The smallest absolute Gasteiger partial charge is 0.291 e. The summed E-state index contributed by atoms with van der Waals surface area (Å²) in [6.07, 6.45) is 6.49. The number of likely N-dealkylation sites (tertiary alicyclic amines) is 1. The monoisotopic (exact) mass is 364 g/mol. The number of aromatic nitrogens is 3. The van der Waals surface area contributed by atoms with Crippen molar-refractivity contribution in [1.82, 2.24) is 19.9 Å². The van der Waals surface area contributed by atoms with Gasteiger partial charge in [0.25, 0.3) is 5.91 Å². The molecule has 1 aromatic carbocycles. The van der Waals surface area contributed by atoms with Crippen molar-refractivity contribution in [3.05, 3.63) is 66.3 Å². The maximum Gasteiger partial charge on any atom is 0.291 e. The van der Waals surface area contributed by atoms with Gasteiger partial charge in [0.15, 0.2) is 6.39 Å². The molecule has 1 atom stereocenters. The number of benzene rings is 1. The Labute approximate surface area is 157 Å². The fourth-order valence-corrected chi connectivity index (χ4v) is 3.27. The lowest BCUT2D eigenvalue weighted by Crippen LogP contribution is -2.39. The largest absolute Gasteiger partial charge is 0.438 e. The topological polar surface area (TPSA) is 81.4 Å². The molecule has 2 aromatic heterocycles. The van der Waals surface area contributed by atoms with Crippen molar-refractivity contribution in [2.75, 3.05) is 13.1 Å². The summed E-state index contributed by atoms with van der Waals surface area (Å²) in [5, 5.41) is 0. The maximum absolute atomic E-state index is 12.7. The summed E-state index contributed by atoms with van der Waals surface area (Å²) < 4.78 is 11.0. The molecule has 1 aliphatic heterocycles. The number of rotatable bonds is 4. The van der Waals surface area contributed by atoms with Gasteiger partial charge in [-0.2, -0.15) is 0 Å². The van der Waals surface area contributed by atoms with E-state index in [-0.39, 0.29) is 11.8 Å². The Morgan fingerprint density at radius 2 is 2.11 bits per heavy atom. The molecule has 0 aliphatic carbocycles. The van der Waals surface area contributed by atoms with Gasteiger partial charge in [-0.15, -0.1) is 0 Å². The predicted octanol–water partition coefficient (Wildman–Crippen LogP) is 3.59. The third kappa shape index (κ3) is 3.81. The number of hydrogen-bond acceptors (Lipinski definition) is 6. The van der Waals surface area contributed by atoms with Gasteiger partial charge in [0, 0.05) is 25.2 Å². The second kappa shape index (κ2) is 7.57. The summed E-state index contributed by atoms with van der Waals surface area (Å²) in [5.41, 5.74) is 1.44. The number of oxazole rings is 1. The number of para-hydroxylation sites is 1. The molecule has 0 saturated carbocycles. The molecule has 0 N–H and O–H groups in total. The lowest BCUT2D eigenvalue weighted by molar-refractivity contribution is 0.0672. The first-order valence-electron chi connectivity index (χ1n) is 8.95. The van der Waals surface area contributed by atoms with Gasteiger partial charge in [-0.1, -0.05) is 18.2 Å². The van der Waals surface area contributed by atoms with Crippen molar-refractivity contribution >= 4 is 5.91 Å². The van der Waals surface area contributed by atoms with E-state index in [0.29, 0.717) is 36.2 Å². The molecule has 3 aromatic rings. The Morgan fingerprint density at radius 3 is 2.89 bits per heavy atom. The Balaban J connectivity index is 1.49. The zero-order chi connectivity index (χ0) is 18.6. The van der Waals surface area contributed by atoms with E-state index in [0.717, 1.165) is 18.5 Å². The third-order valence-corrected chi connectivity index (χ3v) is 4.66. The number of carbonyl (C=O) groups is 1. The Bertz CT molecular complexity index is 926. The molecule has 4 rings (SSSR count). The van der Waals surface area contributed by atoms with E-state index in [2.05, 4.69) is 15.0 Å². The Kier molecular flexibility index (Phi) is 4.82. The minimum absolute atomic E-state index is 0.109. The van der Waals surface area contributed by atoms with E-state index < -0.39 is 0 Å². The number of amides is 1. The predicted molar refractivity (Wildman–Crippen MR) is 97.7 cm³/mol. The highest BCUT2D eigenvalue weighted by Crippen LogP contribution is 2.28. The number of hydrogen-bond donors (Lipinski definition) is 0. The first kappa shape index (κ1) is 17.2. The molecule has 138 valence electrons. The van der Waals surface area contributed by atoms with Crippen molar-refractivity contribution in [3.63, 3.8) is 0 Å². The summed E-state index contributed by atoms with van der Waals surface area (Å²) in [7, 11) is 0. The number of aryl methyl sites for hydroxylation is 1. The van der Waals surface area contributed by atoms with Crippen molar-refractivity contribution in [2.24, 2.45) is 0 Å². The molecular weight excluding hydrogens is 344 g/mol. The highest BCUT2D eigenvalue weighted by Gasteiger charge is 2.29. The van der Waals surface area contributed by atoms with Crippen LogP contribution in [-0.2, 0) is 0 Å². The number of piperidine rings is 1. The van der Waals surface area contributed by atoms with Crippen molar-refractivity contribution in [2.45, 2.75) is 25.7 Å². The molecule has 1 amide bonds. The first-order valence-corrected chi connectivity index (χ1v) is 8.95. The number of ether oxygens (including phenoxy) is 1. The van der Waals surface area contributed by atoms with E-state index in [4.69, 9.17) is 9.15 Å². The molecule has 0 bridgehead atoms. The van der Waals surface area contributed by atoms with E-state index in [9.17, 15) is 4.79 Å². The van der Waals surface area contributed by atoms with Gasteiger partial charge in [0.1, 0.15) is 5.75 Å². The zero-order valence-corrected chi connectivity index (χ0v) is 15.0. The van der Waals surface area contributed by atoms with Gasteiger partial charge in [0.2, 0.25) is 11.6 Å². The molecule has 1 unspecified atom stereocenters. The van der Waals surface area contributed by atoms with Crippen LogP contribution in [0.2, 0.25) is 0 Å². The van der Waals surface area contributed by atoms with Gasteiger partial charge in [-0.3, -0.25) is 9.78 Å². The van der Waals surface area contributed by atoms with Crippen LogP contribution in [0.25, 0.3) is 0 Å². The maximum atomic E-state index is 12.7. The van der Waals surface area contributed by atoms with Crippen LogP contribution in [0, 0.1) is 6.92 Å². The lowest BCUT2D eigenvalue weighted by Gasteiger charge is -2.31. The van der Waals surface area contributed by atoms with Gasteiger partial charge >= 0.3 is 0 Å². The highest BCUT2D eigenvalue weighted by atomic mass is 16.5. The summed E-state index contributed by atoms with van der Waals surface area (Å²) in [5.74, 6) is 1.46. The van der Waals surface area contributed by atoms with E-state index in [1.165, 1.54) is 6.39 Å². The van der Waals surface area contributed by atoms with Crippen LogP contribution in [0.3, 0.4) is 0 Å². The first-order chi connectivity index (χ1) is 13.2. The minimum Gasteiger partial charge on any atom is -0.438 e. The van der Waals surface area contributed by atoms with E-state index in [1.54, 1.807) is 24.2 Å². The molecule has 1 aliphatic rings.